The van der Waals surface area contributed by atoms with E-state index in [0.29, 0.717) is 42.2 Å². The number of halogens is 2. The molecule has 0 saturated carbocycles. The molecule has 3 aliphatic rings. The van der Waals surface area contributed by atoms with E-state index in [1.165, 1.54) is 0 Å². The Balaban J connectivity index is 1.48. The van der Waals surface area contributed by atoms with Gasteiger partial charge in [0.1, 0.15) is 6.04 Å². The number of alkyl halides is 1. The minimum Gasteiger partial charge on any atom is -0.396 e. The van der Waals surface area contributed by atoms with Crippen LogP contribution in [0.2, 0.25) is 5.02 Å². The molecule has 3 aliphatic heterocycles. The number of anilines is 2. The molecule has 3 saturated heterocycles. The van der Waals surface area contributed by atoms with Crippen molar-refractivity contribution in [3.8, 4) is 0 Å². The van der Waals surface area contributed by atoms with Crippen LogP contribution in [0.1, 0.15) is 31.2 Å². The maximum atomic E-state index is 14.1. The number of nitrogens with zero attached hydrogens (tertiary/aromatic N) is 1. The molecule has 3 fully saturated rings. The van der Waals surface area contributed by atoms with Crippen LogP contribution >= 0.6 is 39.3 Å². The summed E-state index contributed by atoms with van der Waals surface area (Å²) in [6, 6.07) is 13.9. The number of nitrogens with one attached hydrogen (secondary N) is 2. The van der Waals surface area contributed by atoms with Crippen LogP contribution in [0.3, 0.4) is 0 Å². The van der Waals surface area contributed by atoms with Gasteiger partial charge >= 0.3 is 0 Å². The molecular weight excluding hydrogens is 590 g/mol. The van der Waals surface area contributed by atoms with Gasteiger partial charge in [-0.15, -0.1) is 11.8 Å². The number of fused-ring (bicyclic) bond motifs is 1. The summed E-state index contributed by atoms with van der Waals surface area (Å²) in [6.07, 6.45) is 2.65. The fourth-order valence-electron chi connectivity index (χ4n) is 6.27. The standard InChI is InChI=1S/C28H31BrClN3O4S/c1-16-9-8-12-19(30)22(16)32-26(36)24-28-15-18(29)23(38-28)20(25(35)31-17-10-4-2-5-11-17)21(28)27(37)33(24)13-6-3-7-14-34/h2,4-5,8-12,18,20-21,23-24,34H,3,6-7,13-15H2,1H3,(H,31,35)(H,32,36)/t18?,20-,21-,23-,24?,28?/m0/s1. The summed E-state index contributed by atoms with van der Waals surface area (Å²) in [5.74, 6) is -1.79. The lowest BCUT2D eigenvalue weighted by atomic mass is 9.70. The number of carbonyl (C=O) groups is 3. The maximum absolute atomic E-state index is 14.1. The summed E-state index contributed by atoms with van der Waals surface area (Å²) >= 11 is 11.8. The zero-order valence-electron chi connectivity index (χ0n) is 21.0. The molecule has 10 heteroatoms. The molecule has 2 bridgehead atoms. The van der Waals surface area contributed by atoms with Crippen LogP contribution in [0.15, 0.2) is 48.5 Å². The number of hydrogen-bond donors (Lipinski definition) is 3. The zero-order valence-corrected chi connectivity index (χ0v) is 24.2. The molecule has 3 amide bonds. The van der Waals surface area contributed by atoms with Gasteiger partial charge in [0, 0.05) is 28.9 Å². The van der Waals surface area contributed by atoms with E-state index in [1.54, 1.807) is 22.7 Å². The second kappa shape index (κ2) is 11.2. The van der Waals surface area contributed by atoms with E-state index in [-0.39, 0.29) is 34.4 Å². The minimum absolute atomic E-state index is 0.00485. The van der Waals surface area contributed by atoms with Gasteiger partial charge in [-0.2, -0.15) is 0 Å². The molecular formula is C28H31BrClN3O4S. The number of aliphatic hydroxyl groups excluding tert-OH is 1. The number of thioether (sulfide) groups is 1. The molecule has 2 aromatic rings. The molecule has 0 aromatic heterocycles. The van der Waals surface area contributed by atoms with Crippen LogP contribution < -0.4 is 10.6 Å². The lowest BCUT2D eigenvalue weighted by Crippen LogP contribution is -2.52. The Morgan fingerprint density at radius 3 is 2.58 bits per heavy atom. The maximum Gasteiger partial charge on any atom is 0.248 e. The number of likely N-dealkylation sites (tertiary alicyclic amines) is 1. The highest BCUT2D eigenvalue weighted by atomic mass is 79.9. The summed E-state index contributed by atoms with van der Waals surface area (Å²) in [4.78, 5) is 43.4. The Morgan fingerprint density at radius 1 is 1.11 bits per heavy atom. The average Bonchev–Trinajstić information content (AvgIpc) is 3.48. The van der Waals surface area contributed by atoms with Crippen molar-refractivity contribution in [2.24, 2.45) is 11.8 Å². The van der Waals surface area contributed by atoms with Gasteiger partial charge in [0.15, 0.2) is 0 Å². The number of aryl methyl sites for hydroxylation is 1. The number of carbonyl (C=O) groups excluding carboxylic acids is 3. The molecule has 3 heterocycles. The third kappa shape index (κ3) is 4.76. The summed E-state index contributed by atoms with van der Waals surface area (Å²) in [5.41, 5.74) is 2.05. The summed E-state index contributed by atoms with van der Waals surface area (Å²) in [6.45, 7) is 2.35. The molecule has 3 N–H and O–H groups in total. The van der Waals surface area contributed by atoms with Crippen LogP contribution in [0, 0.1) is 18.8 Å². The van der Waals surface area contributed by atoms with Crippen molar-refractivity contribution in [3.63, 3.8) is 0 Å². The van der Waals surface area contributed by atoms with E-state index in [2.05, 4.69) is 26.6 Å². The van der Waals surface area contributed by atoms with Crippen molar-refractivity contribution < 1.29 is 19.5 Å². The molecule has 1 spiro atoms. The molecule has 202 valence electrons. The van der Waals surface area contributed by atoms with Crippen molar-refractivity contribution >= 4 is 68.4 Å². The average molecular weight is 621 g/mol. The number of unbranched alkanes of at least 4 members (excludes halogenated alkanes) is 2. The van der Waals surface area contributed by atoms with Gasteiger partial charge in [0.05, 0.1) is 27.3 Å². The molecule has 5 rings (SSSR count). The van der Waals surface area contributed by atoms with Gasteiger partial charge in [-0.3, -0.25) is 14.4 Å². The number of benzene rings is 2. The monoisotopic (exact) mass is 619 g/mol. The predicted octanol–water partition coefficient (Wildman–Crippen LogP) is 4.85. The van der Waals surface area contributed by atoms with Crippen LogP contribution in [0.5, 0.6) is 0 Å². The van der Waals surface area contributed by atoms with Gasteiger partial charge < -0.3 is 20.6 Å². The number of amides is 3. The van der Waals surface area contributed by atoms with Gasteiger partial charge in [-0.25, -0.2) is 0 Å². The first kappa shape index (κ1) is 27.5. The van der Waals surface area contributed by atoms with Crippen LogP contribution in [0.4, 0.5) is 11.4 Å². The van der Waals surface area contributed by atoms with E-state index in [1.807, 2.05) is 49.4 Å². The summed E-state index contributed by atoms with van der Waals surface area (Å²) in [7, 11) is 0. The van der Waals surface area contributed by atoms with Gasteiger partial charge in [0.25, 0.3) is 0 Å². The normalized spacial score (nSPS) is 29.4. The molecule has 38 heavy (non-hydrogen) atoms. The Morgan fingerprint density at radius 2 is 1.87 bits per heavy atom. The summed E-state index contributed by atoms with van der Waals surface area (Å²) < 4.78 is -0.731. The highest BCUT2D eigenvalue weighted by molar-refractivity contribution is 9.09. The fourth-order valence-corrected chi connectivity index (χ4v) is 10.2. The van der Waals surface area contributed by atoms with Crippen molar-refractivity contribution in [1.82, 2.24) is 4.90 Å². The Bertz CT molecular complexity index is 1210. The number of para-hydroxylation sites is 2. The number of hydrogen-bond acceptors (Lipinski definition) is 5. The second-order valence-electron chi connectivity index (χ2n) is 10.3. The zero-order chi connectivity index (χ0) is 27.0. The first-order valence-corrected chi connectivity index (χ1v) is 15.1. The highest BCUT2D eigenvalue weighted by Crippen LogP contribution is 2.67. The molecule has 7 nitrogen and oxygen atoms in total. The number of rotatable bonds is 9. The quantitative estimate of drug-likeness (QED) is 0.275. The van der Waals surface area contributed by atoms with E-state index in [4.69, 9.17) is 11.6 Å². The van der Waals surface area contributed by atoms with Crippen molar-refractivity contribution in [1.29, 1.82) is 0 Å². The van der Waals surface area contributed by atoms with Crippen LogP contribution in [-0.4, -0.2) is 61.7 Å². The number of aliphatic hydroxyl groups is 1. The van der Waals surface area contributed by atoms with Crippen LogP contribution in [-0.2, 0) is 14.4 Å². The lowest BCUT2D eigenvalue weighted by molar-refractivity contribution is -0.138. The second-order valence-corrected chi connectivity index (χ2v) is 13.4. The van der Waals surface area contributed by atoms with Crippen molar-refractivity contribution in [2.75, 3.05) is 23.8 Å². The molecule has 6 atom stereocenters. The molecule has 2 aromatic carbocycles. The molecule has 3 unspecified atom stereocenters. The largest absolute Gasteiger partial charge is 0.396 e. The highest BCUT2D eigenvalue weighted by Gasteiger charge is 2.75. The molecule has 0 radical (unpaired) electrons. The fraction of sp³-hybridized carbons (Fsp3) is 0.464. The minimum atomic E-state index is -0.741. The Kier molecular flexibility index (Phi) is 8.10. The van der Waals surface area contributed by atoms with E-state index in [0.717, 1.165) is 12.0 Å². The Hall–Kier alpha value is -2.07. The predicted molar refractivity (Wildman–Crippen MR) is 155 cm³/mol. The Labute approximate surface area is 240 Å². The first-order valence-electron chi connectivity index (χ1n) is 12.9. The topological polar surface area (TPSA) is 98.7 Å². The lowest BCUT2D eigenvalue weighted by Gasteiger charge is -2.35. The van der Waals surface area contributed by atoms with Crippen LogP contribution in [0.25, 0.3) is 0 Å². The van der Waals surface area contributed by atoms with Crippen molar-refractivity contribution in [3.05, 3.63) is 59.1 Å². The molecule has 0 aliphatic carbocycles. The van der Waals surface area contributed by atoms with E-state index in [9.17, 15) is 19.5 Å². The smallest absolute Gasteiger partial charge is 0.248 e. The van der Waals surface area contributed by atoms with E-state index < -0.39 is 22.6 Å². The van der Waals surface area contributed by atoms with Gasteiger partial charge in [-0.05, 0) is 56.4 Å². The van der Waals surface area contributed by atoms with E-state index >= 15 is 0 Å². The van der Waals surface area contributed by atoms with Gasteiger partial charge in [0.2, 0.25) is 17.7 Å². The SMILES string of the molecule is Cc1cccc(Cl)c1NC(=O)C1N(CCCCCO)C(=O)[C@@H]2[C@H](C(=O)Nc3ccccc3)[C@H]3SC12CC3Br. The third-order valence-electron chi connectivity index (χ3n) is 7.91. The van der Waals surface area contributed by atoms with Crippen molar-refractivity contribution in [2.45, 2.75) is 53.5 Å². The summed E-state index contributed by atoms with van der Waals surface area (Å²) in [5, 5.41) is 15.6. The van der Waals surface area contributed by atoms with Gasteiger partial charge in [-0.1, -0.05) is 57.9 Å². The third-order valence-corrected chi connectivity index (χ3v) is 11.4. The first-order chi connectivity index (χ1) is 18.3.